The molecule has 1 aliphatic rings. The molecule has 4 heteroatoms. The van der Waals surface area contributed by atoms with Crippen molar-refractivity contribution in [1.82, 2.24) is 0 Å². The fraction of sp³-hybridized carbons (Fsp3) is 0.520. The Morgan fingerprint density at radius 2 is 1.79 bits per heavy atom. The highest BCUT2D eigenvalue weighted by atomic mass is 16.5. The zero-order valence-electron chi connectivity index (χ0n) is 18.7. The third-order valence-electron chi connectivity index (χ3n) is 6.18. The van der Waals surface area contributed by atoms with Crippen LogP contribution in [0.2, 0.25) is 0 Å². The van der Waals surface area contributed by atoms with Crippen molar-refractivity contribution >= 4 is 5.69 Å². The predicted octanol–water partition coefficient (Wildman–Crippen LogP) is 3.74. The minimum atomic E-state index is -0.110. The van der Waals surface area contributed by atoms with E-state index < -0.39 is 0 Å². The monoisotopic (exact) mass is 397 g/mol. The number of para-hydroxylation sites is 1. The van der Waals surface area contributed by atoms with Gasteiger partial charge in [0, 0.05) is 49.4 Å². The van der Waals surface area contributed by atoms with E-state index in [1.54, 1.807) is 7.11 Å². The van der Waals surface area contributed by atoms with Crippen LogP contribution in [0.5, 0.6) is 5.75 Å². The molecule has 2 N–H and O–H groups in total. The molecule has 0 bridgehead atoms. The quantitative estimate of drug-likeness (QED) is 0.690. The minimum absolute atomic E-state index is 0.0969. The molecule has 0 saturated carbocycles. The van der Waals surface area contributed by atoms with Gasteiger partial charge < -0.3 is 19.7 Å². The molecule has 3 rings (SSSR count). The molecule has 0 radical (unpaired) electrons. The van der Waals surface area contributed by atoms with Crippen molar-refractivity contribution in [2.45, 2.75) is 50.7 Å². The van der Waals surface area contributed by atoms with E-state index in [0.717, 1.165) is 44.7 Å². The maximum Gasteiger partial charge on any atom is 0.122 e. The van der Waals surface area contributed by atoms with Gasteiger partial charge in [-0.1, -0.05) is 30.3 Å². The summed E-state index contributed by atoms with van der Waals surface area (Å²) in [5.74, 6) is 1.00. The van der Waals surface area contributed by atoms with Gasteiger partial charge >= 0.3 is 0 Å². The van der Waals surface area contributed by atoms with Gasteiger partial charge in [0.2, 0.25) is 0 Å². The third-order valence-corrected chi connectivity index (χ3v) is 6.18. The lowest BCUT2D eigenvalue weighted by Gasteiger charge is -2.45. The van der Waals surface area contributed by atoms with Gasteiger partial charge in [-0.15, -0.1) is 0 Å². The number of anilines is 1. The van der Waals surface area contributed by atoms with E-state index in [0.29, 0.717) is 0 Å². The highest BCUT2D eigenvalue weighted by molar-refractivity contribution is 5.45. The molecule has 1 heterocycles. The summed E-state index contributed by atoms with van der Waals surface area (Å²) >= 11 is 0. The Morgan fingerprint density at radius 3 is 2.45 bits per heavy atom. The van der Waals surface area contributed by atoms with Crippen LogP contribution in [-0.4, -0.2) is 40.0 Å². The van der Waals surface area contributed by atoms with Crippen LogP contribution < -0.4 is 15.0 Å². The molecule has 0 aromatic heterocycles. The highest BCUT2D eigenvalue weighted by Crippen LogP contribution is 2.46. The number of hydrogen-bond acceptors (Lipinski definition) is 3. The van der Waals surface area contributed by atoms with Crippen LogP contribution >= 0.6 is 0 Å². The first-order valence-corrected chi connectivity index (χ1v) is 10.7. The summed E-state index contributed by atoms with van der Waals surface area (Å²) in [6.07, 6.45) is 3.18. The fourth-order valence-electron chi connectivity index (χ4n) is 4.72. The molecule has 0 spiro atoms. The van der Waals surface area contributed by atoms with Crippen LogP contribution in [0.25, 0.3) is 0 Å². The van der Waals surface area contributed by atoms with E-state index in [1.807, 2.05) is 0 Å². The molecule has 158 valence electrons. The van der Waals surface area contributed by atoms with Crippen LogP contribution in [0, 0.1) is 0 Å². The van der Waals surface area contributed by atoms with Gasteiger partial charge in [-0.3, -0.25) is 0 Å². The molecule has 1 saturated heterocycles. The van der Waals surface area contributed by atoms with Gasteiger partial charge in [0.05, 0.1) is 19.3 Å². The summed E-state index contributed by atoms with van der Waals surface area (Å²) in [5.41, 5.74) is 3.94. The topological polar surface area (TPSA) is 38.3 Å². The van der Waals surface area contributed by atoms with Crippen molar-refractivity contribution in [3.05, 3.63) is 59.7 Å². The van der Waals surface area contributed by atoms with E-state index >= 15 is 0 Å². The van der Waals surface area contributed by atoms with Gasteiger partial charge in [-0.2, -0.15) is 0 Å². The Morgan fingerprint density at radius 1 is 1.07 bits per heavy atom. The maximum atomic E-state index is 6.07. The lowest BCUT2D eigenvalue weighted by atomic mass is 9.67. The number of nitrogens with two attached hydrogens (primary N) is 1. The first kappa shape index (κ1) is 21.7. The van der Waals surface area contributed by atoms with Crippen molar-refractivity contribution < 1.29 is 14.8 Å². The second-order valence-corrected chi connectivity index (χ2v) is 9.11. The van der Waals surface area contributed by atoms with Crippen LogP contribution in [0.1, 0.15) is 44.2 Å². The lowest BCUT2D eigenvalue weighted by Crippen LogP contribution is -2.83. The number of benzene rings is 2. The van der Waals surface area contributed by atoms with E-state index in [-0.39, 0.29) is 11.0 Å². The number of rotatable bonds is 8. The summed E-state index contributed by atoms with van der Waals surface area (Å²) in [6, 6.07) is 17.4. The number of nitrogens with zero attached hydrogens (tertiary/aromatic N) is 1. The molecule has 1 fully saturated rings. The number of quaternary nitrogens is 1. The normalized spacial score (nSPS) is 21.0. The molecule has 4 nitrogen and oxygen atoms in total. The molecular weight excluding hydrogens is 360 g/mol. The first-order valence-electron chi connectivity index (χ1n) is 10.7. The van der Waals surface area contributed by atoms with E-state index in [1.165, 1.54) is 16.8 Å². The fourth-order valence-corrected chi connectivity index (χ4v) is 4.72. The van der Waals surface area contributed by atoms with Crippen LogP contribution in [0.3, 0.4) is 0 Å². The highest BCUT2D eigenvalue weighted by Gasteiger charge is 2.43. The molecule has 0 unspecified atom stereocenters. The largest absolute Gasteiger partial charge is 0.496 e. The molecule has 0 aliphatic carbocycles. The number of methoxy groups -OCH3 is 1. The van der Waals surface area contributed by atoms with Gasteiger partial charge in [0.15, 0.2) is 0 Å². The average molecular weight is 398 g/mol. The van der Waals surface area contributed by atoms with Crippen molar-refractivity contribution in [3.8, 4) is 5.75 Å². The molecule has 2 aromatic rings. The average Bonchev–Trinajstić information content (AvgIpc) is 2.71. The van der Waals surface area contributed by atoms with Gasteiger partial charge in [-0.05, 0) is 44.9 Å². The van der Waals surface area contributed by atoms with Crippen molar-refractivity contribution in [2.75, 3.05) is 39.3 Å². The zero-order chi connectivity index (χ0) is 20.9. The SMILES string of the molecule is COc1ccccc1[C@@]1(CC[NH2+]Cc2ccc(N(C)C)cc2)CCOC(C)(C)C1. The third kappa shape index (κ3) is 5.31. The van der Waals surface area contributed by atoms with Gasteiger partial charge in [-0.25, -0.2) is 0 Å². The maximum absolute atomic E-state index is 6.07. The molecule has 1 aliphatic heterocycles. The predicted molar refractivity (Wildman–Crippen MR) is 120 cm³/mol. The van der Waals surface area contributed by atoms with E-state index in [9.17, 15) is 0 Å². The van der Waals surface area contributed by atoms with E-state index in [2.05, 4.69) is 86.7 Å². The van der Waals surface area contributed by atoms with Gasteiger partial charge in [0.1, 0.15) is 12.3 Å². The molecule has 29 heavy (non-hydrogen) atoms. The number of hydrogen-bond donors (Lipinski definition) is 1. The summed E-state index contributed by atoms with van der Waals surface area (Å²) < 4.78 is 11.8. The Labute approximate surface area is 176 Å². The summed E-state index contributed by atoms with van der Waals surface area (Å²) in [7, 11) is 5.93. The summed E-state index contributed by atoms with van der Waals surface area (Å²) in [6.45, 7) is 7.33. The van der Waals surface area contributed by atoms with Crippen LogP contribution in [0.15, 0.2) is 48.5 Å². The standard InChI is InChI=1S/C25H36N2O2/c1-24(2)19-25(15-17-29-24,22-8-6-7-9-23(22)28-5)14-16-26-18-20-10-12-21(13-11-20)27(3)4/h6-13,26H,14-19H2,1-5H3/p+1/t25-/m0/s1. The minimum Gasteiger partial charge on any atom is -0.496 e. The van der Waals surface area contributed by atoms with Crippen molar-refractivity contribution in [1.29, 1.82) is 0 Å². The van der Waals surface area contributed by atoms with Crippen molar-refractivity contribution in [2.24, 2.45) is 0 Å². The molecular formula is C25H37N2O2+. The Kier molecular flexibility index (Phi) is 6.86. The van der Waals surface area contributed by atoms with Gasteiger partial charge in [0.25, 0.3) is 0 Å². The van der Waals surface area contributed by atoms with Crippen LogP contribution in [0.4, 0.5) is 5.69 Å². The summed E-state index contributed by atoms with van der Waals surface area (Å²) in [5, 5.41) is 2.43. The molecule has 0 amide bonds. The van der Waals surface area contributed by atoms with Crippen LogP contribution in [-0.2, 0) is 16.7 Å². The first-order chi connectivity index (χ1) is 13.9. The smallest absolute Gasteiger partial charge is 0.122 e. The molecule has 1 atom stereocenters. The Balaban J connectivity index is 1.69. The lowest BCUT2D eigenvalue weighted by molar-refractivity contribution is -0.672. The Bertz CT molecular complexity index is 786. The van der Waals surface area contributed by atoms with E-state index in [4.69, 9.17) is 9.47 Å². The summed E-state index contributed by atoms with van der Waals surface area (Å²) in [4.78, 5) is 2.14. The second kappa shape index (κ2) is 9.19. The second-order valence-electron chi connectivity index (χ2n) is 9.11. The van der Waals surface area contributed by atoms with Crippen molar-refractivity contribution in [3.63, 3.8) is 0 Å². The number of ether oxygens (including phenoxy) is 2. The Hall–Kier alpha value is -2.04. The molecule has 2 aromatic carbocycles. The zero-order valence-corrected chi connectivity index (χ0v) is 18.7.